The van der Waals surface area contributed by atoms with Crippen LogP contribution in [0.4, 0.5) is 5.69 Å². The fourth-order valence-corrected chi connectivity index (χ4v) is 2.36. The Morgan fingerprint density at radius 2 is 2.22 bits per heavy atom. The molecule has 3 nitrogen and oxygen atoms in total. The first-order valence-corrected chi connectivity index (χ1v) is 6.65. The third kappa shape index (κ3) is 3.34. The largest absolute Gasteiger partial charge is 0.506 e. The highest BCUT2D eigenvalue weighted by Gasteiger charge is 2.07. The number of hydrogen-bond donors (Lipinski definition) is 2. The van der Waals surface area contributed by atoms with Gasteiger partial charge in [0.25, 0.3) is 0 Å². The molecule has 0 aliphatic rings. The number of nitrogens with one attached hydrogen (secondary N) is 1. The normalized spacial score (nSPS) is 10.3. The van der Waals surface area contributed by atoms with E-state index in [9.17, 15) is 9.90 Å². The van der Waals surface area contributed by atoms with Crippen LogP contribution in [0.15, 0.2) is 35.7 Å². The quantitative estimate of drug-likeness (QED) is 0.829. The summed E-state index contributed by atoms with van der Waals surface area (Å²) in [5.74, 6) is 0.0297. The number of benzene rings is 1. The average Bonchev–Trinajstić information content (AvgIpc) is 2.83. The van der Waals surface area contributed by atoms with Crippen LogP contribution in [-0.2, 0) is 11.2 Å². The lowest BCUT2D eigenvalue weighted by Gasteiger charge is -2.07. The summed E-state index contributed by atoms with van der Waals surface area (Å²) < 4.78 is 0. The number of aryl methyl sites for hydroxylation is 2. The first-order valence-electron chi connectivity index (χ1n) is 5.77. The Morgan fingerprint density at radius 3 is 2.89 bits per heavy atom. The Hall–Kier alpha value is -1.81. The predicted octanol–water partition coefficient (Wildman–Crippen LogP) is 3.33. The van der Waals surface area contributed by atoms with Crippen LogP contribution in [0.1, 0.15) is 16.9 Å². The molecule has 2 aromatic rings. The molecule has 0 unspecified atom stereocenters. The van der Waals surface area contributed by atoms with Crippen molar-refractivity contribution < 1.29 is 9.90 Å². The summed E-state index contributed by atoms with van der Waals surface area (Å²) in [6.07, 6.45) is 1.16. The Bertz CT molecular complexity index is 535. The van der Waals surface area contributed by atoms with Crippen molar-refractivity contribution in [3.05, 3.63) is 46.2 Å². The molecule has 1 amide bonds. The van der Waals surface area contributed by atoms with Crippen LogP contribution in [0.5, 0.6) is 5.75 Å². The van der Waals surface area contributed by atoms with Crippen LogP contribution < -0.4 is 5.32 Å². The minimum atomic E-state index is -0.0810. The molecular weight excluding hydrogens is 246 g/mol. The number of carbonyl (C=O) groups excluding carboxylic acids is 1. The Kier molecular flexibility index (Phi) is 3.99. The predicted molar refractivity (Wildman–Crippen MR) is 74.1 cm³/mol. The molecule has 1 aromatic heterocycles. The maximum atomic E-state index is 11.7. The number of rotatable bonds is 4. The van der Waals surface area contributed by atoms with Crippen LogP contribution in [0, 0.1) is 6.92 Å². The van der Waals surface area contributed by atoms with Gasteiger partial charge in [0.2, 0.25) is 5.91 Å². The first-order chi connectivity index (χ1) is 8.65. The minimum absolute atomic E-state index is 0.0810. The van der Waals surface area contributed by atoms with Gasteiger partial charge in [-0.25, -0.2) is 0 Å². The summed E-state index contributed by atoms with van der Waals surface area (Å²) in [6.45, 7) is 1.89. The minimum Gasteiger partial charge on any atom is -0.506 e. The van der Waals surface area contributed by atoms with Gasteiger partial charge in [0.05, 0.1) is 5.69 Å². The summed E-state index contributed by atoms with van der Waals surface area (Å²) in [4.78, 5) is 12.9. The van der Waals surface area contributed by atoms with E-state index in [2.05, 4.69) is 5.32 Å². The number of carbonyl (C=O) groups is 1. The van der Waals surface area contributed by atoms with Crippen LogP contribution in [0.3, 0.4) is 0 Å². The van der Waals surface area contributed by atoms with E-state index in [0.29, 0.717) is 12.1 Å². The second-order valence-corrected chi connectivity index (χ2v) is 5.18. The molecule has 2 N–H and O–H groups in total. The summed E-state index contributed by atoms with van der Waals surface area (Å²) in [6, 6.07) is 9.20. The Labute approximate surface area is 110 Å². The molecule has 2 rings (SSSR count). The van der Waals surface area contributed by atoms with Crippen molar-refractivity contribution >= 4 is 22.9 Å². The van der Waals surface area contributed by atoms with Crippen LogP contribution in [-0.4, -0.2) is 11.0 Å². The Balaban J connectivity index is 1.91. The van der Waals surface area contributed by atoms with Crippen molar-refractivity contribution in [1.29, 1.82) is 0 Å². The number of phenols is 1. The highest BCUT2D eigenvalue weighted by Crippen LogP contribution is 2.24. The molecule has 0 fully saturated rings. The van der Waals surface area contributed by atoms with Gasteiger partial charge in [-0.15, -0.1) is 11.3 Å². The summed E-state index contributed by atoms with van der Waals surface area (Å²) >= 11 is 1.65. The van der Waals surface area contributed by atoms with Crippen molar-refractivity contribution in [2.75, 3.05) is 5.32 Å². The summed E-state index contributed by atoms with van der Waals surface area (Å²) in [7, 11) is 0. The molecule has 0 spiro atoms. The SMILES string of the molecule is Cc1ccc(NC(=O)CCc2cccs2)c(O)c1. The second-order valence-electron chi connectivity index (χ2n) is 4.15. The molecular formula is C14H15NO2S. The van der Waals surface area contributed by atoms with E-state index >= 15 is 0 Å². The summed E-state index contributed by atoms with van der Waals surface area (Å²) in [5, 5.41) is 14.4. The van der Waals surface area contributed by atoms with Crippen molar-refractivity contribution in [2.24, 2.45) is 0 Å². The monoisotopic (exact) mass is 261 g/mol. The smallest absolute Gasteiger partial charge is 0.224 e. The van der Waals surface area contributed by atoms with Gasteiger partial charge in [0.1, 0.15) is 5.75 Å². The first kappa shape index (κ1) is 12.6. The van der Waals surface area contributed by atoms with E-state index in [1.54, 1.807) is 23.5 Å². The molecule has 0 saturated heterocycles. The number of amides is 1. The lowest BCUT2D eigenvalue weighted by atomic mass is 10.2. The number of anilines is 1. The molecule has 4 heteroatoms. The molecule has 1 heterocycles. The van der Waals surface area contributed by atoms with E-state index in [4.69, 9.17) is 0 Å². The molecule has 0 aliphatic heterocycles. The maximum absolute atomic E-state index is 11.7. The molecule has 0 saturated carbocycles. The van der Waals surface area contributed by atoms with Gasteiger partial charge in [-0.2, -0.15) is 0 Å². The maximum Gasteiger partial charge on any atom is 0.224 e. The van der Waals surface area contributed by atoms with Crippen LogP contribution in [0.25, 0.3) is 0 Å². The number of hydrogen-bond acceptors (Lipinski definition) is 3. The summed E-state index contributed by atoms with van der Waals surface area (Å²) in [5.41, 5.74) is 1.43. The number of aromatic hydroxyl groups is 1. The Morgan fingerprint density at radius 1 is 1.39 bits per heavy atom. The van der Waals surface area contributed by atoms with Gasteiger partial charge >= 0.3 is 0 Å². The third-order valence-corrected chi connectivity index (χ3v) is 3.54. The zero-order valence-corrected chi connectivity index (χ0v) is 11.0. The van der Waals surface area contributed by atoms with Gasteiger partial charge in [0.15, 0.2) is 0 Å². The van der Waals surface area contributed by atoms with Crippen molar-refractivity contribution in [3.63, 3.8) is 0 Å². The molecule has 94 valence electrons. The molecule has 0 atom stereocenters. The lowest BCUT2D eigenvalue weighted by Crippen LogP contribution is -2.12. The molecule has 0 aliphatic carbocycles. The van der Waals surface area contributed by atoms with Gasteiger partial charge in [0, 0.05) is 11.3 Å². The van der Waals surface area contributed by atoms with Crippen LogP contribution in [0.2, 0.25) is 0 Å². The van der Waals surface area contributed by atoms with E-state index < -0.39 is 0 Å². The highest BCUT2D eigenvalue weighted by atomic mass is 32.1. The number of thiophene rings is 1. The standard InChI is InChI=1S/C14H15NO2S/c1-10-4-6-12(13(16)9-10)15-14(17)7-5-11-3-2-8-18-11/h2-4,6,8-9,16H,5,7H2,1H3,(H,15,17). The zero-order valence-electron chi connectivity index (χ0n) is 10.1. The topological polar surface area (TPSA) is 49.3 Å². The van der Waals surface area contributed by atoms with Gasteiger partial charge in [-0.1, -0.05) is 12.1 Å². The molecule has 1 aromatic carbocycles. The van der Waals surface area contributed by atoms with E-state index in [1.165, 1.54) is 4.88 Å². The van der Waals surface area contributed by atoms with Crippen molar-refractivity contribution in [3.8, 4) is 5.75 Å². The molecule has 0 bridgehead atoms. The van der Waals surface area contributed by atoms with Gasteiger partial charge in [-0.3, -0.25) is 4.79 Å². The van der Waals surface area contributed by atoms with Crippen molar-refractivity contribution in [2.45, 2.75) is 19.8 Å². The van der Waals surface area contributed by atoms with E-state index in [-0.39, 0.29) is 11.7 Å². The fourth-order valence-electron chi connectivity index (χ4n) is 1.65. The molecule has 18 heavy (non-hydrogen) atoms. The molecule has 0 radical (unpaired) electrons. The third-order valence-electron chi connectivity index (χ3n) is 2.61. The van der Waals surface area contributed by atoms with Gasteiger partial charge in [-0.05, 0) is 42.5 Å². The van der Waals surface area contributed by atoms with E-state index in [1.807, 2.05) is 30.5 Å². The van der Waals surface area contributed by atoms with Crippen molar-refractivity contribution in [1.82, 2.24) is 0 Å². The highest BCUT2D eigenvalue weighted by molar-refractivity contribution is 7.09. The van der Waals surface area contributed by atoms with E-state index in [0.717, 1.165) is 12.0 Å². The zero-order chi connectivity index (χ0) is 13.0. The number of phenolic OH excluding ortho intramolecular Hbond substituents is 1. The van der Waals surface area contributed by atoms with Crippen LogP contribution >= 0.6 is 11.3 Å². The second kappa shape index (κ2) is 5.69. The lowest BCUT2D eigenvalue weighted by molar-refractivity contribution is -0.116. The average molecular weight is 261 g/mol. The van der Waals surface area contributed by atoms with Gasteiger partial charge < -0.3 is 10.4 Å². The fraction of sp³-hybridized carbons (Fsp3) is 0.214.